The van der Waals surface area contributed by atoms with Crippen LogP contribution in [0.15, 0.2) is 66.7 Å². The van der Waals surface area contributed by atoms with E-state index in [1.165, 1.54) is 30.9 Å². The summed E-state index contributed by atoms with van der Waals surface area (Å²) >= 11 is 0. The third kappa shape index (κ3) is 6.10. The van der Waals surface area contributed by atoms with Gasteiger partial charge in [-0.1, -0.05) is 61.6 Å². The largest absolute Gasteiger partial charge is 0.206 e. The van der Waals surface area contributed by atoms with Crippen molar-refractivity contribution in [1.29, 1.82) is 5.26 Å². The minimum Gasteiger partial charge on any atom is -0.206 e. The number of nitriles is 1. The van der Waals surface area contributed by atoms with Gasteiger partial charge < -0.3 is 0 Å². The zero-order chi connectivity index (χ0) is 21.2. The van der Waals surface area contributed by atoms with Crippen molar-refractivity contribution in [3.8, 4) is 29.8 Å². The monoisotopic (exact) mass is 391 g/mol. The average Bonchev–Trinajstić information content (AvgIpc) is 2.78. The first kappa shape index (κ1) is 20.9. The Morgan fingerprint density at radius 1 is 0.733 bits per heavy atom. The summed E-state index contributed by atoms with van der Waals surface area (Å²) in [5, 5.41) is 8.94. The fourth-order valence-electron chi connectivity index (χ4n) is 2.98. The molecule has 3 aromatic carbocycles. The molecule has 2 heteroatoms. The van der Waals surface area contributed by atoms with Gasteiger partial charge in [0.15, 0.2) is 0 Å². The summed E-state index contributed by atoms with van der Waals surface area (Å²) in [7, 11) is 0. The number of halogens is 1. The maximum Gasteiger partial charge on any atom is 0.140 e. The molecule has 0 aromatic heterocycles. The maximum absolute atomic E-state index is 14.4. The molecule has 0 spiro atoms. The lowest BCUT2D eigenvalue weighted by Crippen LogP contribution is -1.87. The van der Waals surface area contributed by atoms with E-state index in [-0.39, 0.29) is 0 Å². The van der Waals surface area contributed by atoms with Crippen molar-refractivity contribution in [2.75, 3.05) is 0 Å². The van der Waals surface area contributed by atoms with Crippen LogP contribution in [0.1, 0.15) is 59.6 Å². The van der Waals surface area contributed by atoms with Crippen LogP contribution in [0.25, 0.3) is 0 Å². The number of rotatable bonds is 4. The molecule has 146 valence electrons. The van der Waals surface area contributed by atoms with Crippen molar-refractivity contribution < 1.29 is 4.39 Å². The Kier molecular flexibility index (Phi) is 7.44. The molecule has 0 aliphatic rings. The van der Waals surface area contributed by atoms with Crippen LogP contribution < -0.4 is 0 Å². The zero-order valence-electron chi connectivity index (χ0n) is 17.0. The highest BCUT2D eigenvalue weighted by atomic mass is 19.1. The SMILES string of the molecule is CCCCCc1ccc(C#Cc2ccc(C#Cc3cccc(C#N)c3)c(F)c2)cc1. The average molecular weight is 391 g/mol. The Balaban J connectivity index is 1.69. The first-order valence-electron chi connectivity index (χ1n) is 10.1. The number of benzene rings is 3. The van der Waals surface area contributed by atoms with Gasteiger partial charge >= 0.3 is 0 Å². The Morgan fingerprint density at radius 2 is 1.40 bits per heavy atom. The van der Waals surface area contributed by atoms with Crippen LogP contribution in [0.4, 0.5) is 4.39 Å². The molecule has 0 fully saturated rings. The molecule has 3 rings (SSSR count). The standard InChI is InChI=1S/C28H22FN/c1-2-3-4-6-22-9-11-23(12-10-22)13-14-25-16-18-27(28(29)20-25)17-15-24-7-5-8-26(19-24)21-30/h5,7-12,16,18-20H,2-4,6H2,1H3. The summed E-state index contributed by atoms with van der Waals surface area (Å²) in [6, 6.07) is 22.1. The van der Waals surface area contributed by atoms with Crippen LogP contribution >= 0.6 is 0 Å². The number of unbranched alkanes of at least 4 members (excludes halogenated alkanes) is 2. The highest BCUT2D eigenvalue weighted by molar-refractivity contribution is 5.49. The van der Waals surface area contributed by atoms with Crippen LogP contribution in [0.2, 0.25) is 0 Å². The second kappa shape index (κ2) is 10.7. The van der Waals surface area contributed by atoms with Gasteiger partial charge in [-0.25, -0.2) is 4.39 Å². The van der Waals surface area contributed by atoms with Crippen molar-refractivity contribution in [2.24, 2.45) is 0 Å². The molecule has 0 bridgehead atoms. The van der Waals surface area contributed by atoms with E-state index in [1.807, 2.05) is 12.1 Å². The van der Waals surface area contributed by atoms with Gasteiger partial charge in [-0.2, -0.15) is 5.26 Å². The lowest BCUT2D eigenvalue weighted by Gasteiger charge is -2.00. The molecule has 3 aromatic rings. The van der Waals surface area contributed by atoms with Crippen molar-refractivity contribution >= 4 is 0 Å². The Labute approximate surface area is 178 Å². The molecule has 0 saturated carbocycles. The van der Waals surface area contributed by atoms with Crippen molar-refractivity contribution in [2.45, 2.75) is 32.6 Å². The first-order valence-corrected chi connectivity index (χ1v) is 10.1. The van der Waals surface area contributed by atoms with E-state index in [0.717, 1.165) is 12.0 Å². The lowest BCUT2D eigenvalue weighted by molar-refractivity contribution is 0.624. The summed E-state index contributed by atoms with van der Waals surface area (Å²) < 4.78 is 14.4. The topological polar surface area (TPSA) is 23.8 Å². The second-order valence-corrected chi connectivity index (χ2v) is 7.04. The van der Waals surface area contributed by atoms with Crippen LogP contribution in [0, 0.1) is 40.8 Å². The third-order valence-corrected chi connectivity index (χ3v) is 4.68. The van der Waals surface area contributed by atoms with Crippen LogP contribution in [-0.2, 0) is 6.42 Å². The maximum atomic E-state index is 14.4. The molecule has 0 unspecified atom stereocenters. The summed E-state index contributed by atoms with van der Waals surface area (Å²) in [5.74, 6) is 11.4. The molecule has 0 amide bonds. The van der Waals surface area contributed by atoms with E-state index in [0.29, 0.717) is 22.3 Å². The summed E-state index contributed by atoms with van der Waals surface area (Å²) in [5.41, 5.74) is 4.35. The first-order chi connectivity index (χ1) is 14.7. The molecule has 30 heavy (non-hydrogen) atoms. The van der Waals surface area contributed by atoms with E-state index < -0.39 is 5.82 Å². The van der Waals surface area contributed by atoms with Gasteiger partial charge in [0.1, 0.15) is 5.82 Å². The highest BCUT2D eigenvalue weighted by Crippen LogP contribution is 2.11. The molecule has 1 nitrogen and oxygen atoms in total. The quantitative estimate of drug-likeness (QED) is 0.382. The molecule has 0 aliphatic heterocycles. The van der Waals surface area contributed by atoms with Gasteiger partial charge in [0, 0.05) is 16.7 Å². The van der Waals surface area contributed by atoms with Crippen molar-refractivity contribution in [3.63, 3.8) is 0 Å². The van der Waals surface area contributed by atoms with Gasteiger partial charge in [-0.15, -0.1) is 0 Å². The zero-order valence-corrected chi connectivity index (χ0v) is 17.0. The normalized spacial score (nSPS) is 9.63. The third-order valence-electron chi connectivity index (χ3n) is 4.68. The second-order valence-electron chi connectivity index (χ2n) is 7.04. The van der Waals surface area contributed by atoms with E-state index in [4.69, 9.17) is 5.26 Å². The minimum absolute atomic E-state index is 0.305. The Morgan fingerprint density at radius 3 is 2.13 bits per heavy atom. The Hall–Kier alpha value is -3.80. The van der Waals surface area contributed by atoms with E-state index >= 15 is 0 Å². The van der Waals surface area contributed by atoms with Crippen molar-refractivity contribution in [3.05, 3.63) is 106 Å². The number of hydrogen-bond donors (Lipinski definition) is 0. The number of aryl methyl sites for hydroxylation is 1. The molecule has 0 N–H and O–H groups in total. The molecule has 0 atom stereocenters. The molecule has 0 saturated heterocycles. The van der Waals surface area contributed by atoms with Gasteiger partial charge in [0.05, 0.1) is 17.2 Å². The van der Waals surface area contributed by atoms with Gasteiger partial charge in [-0.05, 0) is 66.9 Å². The summed E-state index contributed by atoms with van der Waals surface area (Å²) in [4.78, 5) is 0. The Bertz CT molecular complexity index is 1180. The predicted octanol–water partition coefficient (Wildman–Crippen LogP) is 6.23. The van der Waals surface area contributed by atoms with Crippen molar-refractivity contribution in [1.82, 2.24) is 0 Å². The van der Waals surface area contributed by atoms with E-state index in [2.05, 4.69) is 48.8 Å². The molecule has 0 aliphatic carbocycles. The summed E-state index contributed by atoms with van der Waals surface area (Å²) in [6.45, 7) is 2.20. The van der Waals surface area contributed by atoms with Gasteiger partial charge in [-0.3, -0.25) is 0 Å². The lowest BCUT2D eigenvalue weighted by atomic mass is 10.1. The molecular weight excluding hydrogens is 369 g/mol. The fraction of sp³-hybridized carbons (Fsp3) is 0.179. The van der Waals surface area contributed by atoms with E-state index in [1.54, 1.807) is 36.4 Å². The van der Waals surface area contributed by atoms with Crippen LogP contribution in [-0.4, -0.2) is 0 Å². The predicted molar refractivity (Wildman–Crippen MR) is 119 cm³/mol. The van der Waals surface area contributed by atoms with Crippen LogP contribution in [0.3, 0.4) is 0 Å². The highest BCUT2D eigenvalue weighted by Gasteiger charge is 2.00. The number of nitrogens with zero attached hydrogens (tertiary/aromatic N) is 1. The molecule has 0 radical (unpaired) electrons. The van der Waals surface area contributed by atoms with Gasteiger partial charge in [0.25, 0.3) is 0 Å². The minimum atomic E-state index is -0.406. The molecule has 0 heterocycles. The summed E-state index contributed by atoms with van der Waals surface area (Å²) in [6.07, 6.45) is 4.77. The number of hydrogen-bond acceptors (Lipinski definition) is 1. The van der Waals surface area contributed by atoms with E-state index in [9.17, 15) is 4.39 Å². The van der Waals surface area contributed by atoms with Gasteiger partial charge in [0.2, 0.25) is 0 Å². The van der Waals surface area contributed by atoms with Crippen LogP contribution in [0.5, 0.6) is 0 Å². The fourth-order valence-corrected chi connectivity index (χ4v) is 2.98. The smallest absolute Gasteiger partial charge is 0.140 e. The molecular formula is C28H22FN.